The molecule has 0 atom stereocenters. The van der Waals surface area contributed by atoms with E-state index in [2.05, 4.69) is 20.3 Å². The molecule has 0 aliphatic rings. The van der Waals surface area contributed by atoms with Crippen molar-refractivity contribution in [3.8, 4) is 11.3 Å². The van der Waals surface area contributed by atoms with Crippen LogP contribution >= 0.6 is 0 Å². The summed E-state index contributed by atoms with van der Waals surface area (Å²) in [6.45, 7) is -0.273. The maximum absolute atomic E-state index is 12.8. The van der Waals surface area contributed by atoms with Crippen molar-refractivity contribution < 1.29 is 14.3 Å². The van der Waals surface area contributed by atoms with Crippen molar-refractivity contribution in [2.45, 2.75) is 6.54 Å². The lowest BCUT2D eigenvalue weighted by Crippen LogP contribution is -2.28. The molecule has 0 aliphatic heterocycles. The maximum Gasteiger partial charge on any atom is 0.350 e. The van der Waals surface area contributed by atoms with E-state index in [1.54, 1.807) is 41.2 Å². The van der Waals surface area contributed by atoms with Gasteiger partial charge in [0.1, 0.15) is 12.1 Å². The molecule has 10 nitrogen and oxygen atoms in total. The van der Waals surface area contributed by atoms with Crippen LogP contribution in [-0.2, 0) is 16.1 Å². The van der Waals surface area contributed by atoms with Crippen molar-refractivity contribution >= 4 is 28.7 Å². The zero-order valence-corrected chi connectivity index (χ0v) is 17.5. The summed E-state index contributed by atoms with van der Waals surface area (Å²) in [5, 5.41) is 11.6. The van der Waals surface area contributed by atoms with Crippen LogP contribution in [0.5, 0.6) is 0 Å². The number of esters is 1. The number of aromatic nitrogens is 5. The molecule has 0 fully saturated rings. The van der Waals surface area contributed by atoms with Crippen LogP contribution in [0.2, 0.25) is 0 Å². The van der Waals surface area contributed by atoms with Crippen LogP contribution in [0.25, 0.3) is 22.4 Å². The molecule has 5 rings (SSSR count). The first-order valence-electron chi connectivity index (χ1n) is 10.0. The highest BCUT2D eigenvalue weighted by Gasteiger charge is 2.15. The Balaban J connectivity index is 1.41. The van der Waals surface area contributed by atoms with Crippen LogP contribution in [0.4, 0.5) is 5.69 Å². The average Bonchev–Trinajstić information content (AvgIpc) is 3.41. The first-order chi connectivity index (χ1) is 16.0. The Hall–Kier alpha value is -4.73. The second kappa shape index (κ2) is 8.08. The number of carbonyl (C=O) groups is 2. The lowest BCUT2D eigenvalue weighted by atomic mass is 10.1. The fourth-order valence-electron chi connectivity index (χ4n) is 3.53. The van der Waals surface area contributed by atoms with E-state index in [-0.39, 0.29) is 6.54 Å². The normalized spacial score (nSPS) is 11.1. The number of hydrogen-bond donors (Lipinski definition) is 1. The van der Waals surface area contributed by atoms with Crippen molar-refractivity contribution in [2.24, 2.45) is 0 Å². The molecule has 0 unspecified atom stereocenters. The SMILES string of the molecule is COC(=O)c1ccc(NC(=O)Cn2nc3c4cc(-c5ccccc5)nn4ccn3c2=O)cc1. The van der Waals surface area contributed by atoms with E-state index in [1.165, 1.54) is 11.5 Å². The molecule has 0 spiro atoms. The Kier molecular flexibility index (Phi) is 4.94. The Labute approximate surface area is 186 Å². The predicted molar refractivity (Wildman–Crippen MR) is 120 cm³/mol. The number of benzene rings is 2. The monoisotopic (exact) mass is 442 g/mol. The first-order valence-corrected chi connectivity index (χ1v) is 10.0. The van der Waals surface area contributed by atoms with E-state index in [1.807, 2.05) is 36.4 Å². The van der Waals surface area contributed by atoms with Crippen molar-refractivity contribution in [2.75, 3.05) is 12.4 Å². The summed E-state index contributed by atoms with van der Waals surface area (Å²) < 4.78 is 8.78. The van der Waals surface area contributed by atoms with Crippen LogP contribution in [0.15, 0.2) is 77.9 Å². The van der Waals surface area contributed by atoms with E-state index in [0.29, 0.717) is 22.4 Å². The van der Waals surface area contributed by atoms with E-state index >= 15 is 0 Å². The molecule has 5 aromatic rings. The third-order valence-electron chi connectivity index (χ3n) is 5.14. The average molecular weight is 442 g/mol. The quantitative estimate of drug-likeness (QED) is 0.418. The Morgan fingerprint density at radius 1 is 1.00 bits per heavy atom. The molecule has 0 bridgehead atoms. The van der Waals surface area contributed by atoms with Crippen molar-refractivity contribution in [3.63, 3.8) is 0 Å². The van der Waals surface area contributed by atoms with Crippen LogP contribution in [0, 0.1) is 0 Å². The molecule has 3 aromatic heterocycles. The van der Waals surface area contributed by atoms with E-state index in [9.17, 15) is 14.4 Å². The number of ether oxygens (including phenoxy) is 1. The van der Waals surface area contributed by atoms with Gasteiger partial charge in [-0.3, -0.25) is 4.79 Å². The molecule has 3 heterocycles. The molecule has 2 aromatic carbocycles. The van der Waals surface area contributed by atoms with Gasteiger partial charge in [0, 0.05) is 23.6 Å². The molecule has 0 saturated carbocycles. The van der Waals surface area contributed by atoms with Crippen LogP contribution < -0.4 is 11.0 Å². The third kappa shape index (κ3) is 3.74. The van der Waals surface area contributed by atoms with Gasteiger partial charge in [0.2, 0.25) is 5.91 Å². The lowest BCUT2D eigenvalue weighted by molar-refractivity contribution is -0.117. The van der Waals surface area contributed by atoms with Gasteiger partial charge in [0.15, 0.2) is 5.65 Å². The fourth-order valence-corrected chi connectivity index (χ4v) is 3.53. The minimum atomic E-state index is -0.467. The molecule has 1 N–H and O–H groups in total. The highest BCUT2D eigenvalue weighted by Crippen LogP contribution is 2.21. The fraction of sp³-hybridized carbons (Fsp3) is 0.0870. The summed E-state index contributed by atoms with van der Waals surface area (Å²) in [7, 11) is 1.30. The van der Waals surface area contributed by atoms with Gasteiger partial charge in [-0.25, -0.2) is 23.2 Å². The summed E-state index contributed by atoms with van der Waals surface area (Å²) in [6.07, 6.45) is 3.24. The van der Waals surface area contributed by atoms with Crippen LogP contribution in [-0.4, -0.2) is 42.8 Å². The summed E-state index contributed by atoms with van der Waals surface area (Å²) in [5.74, 6) is -0.897. The zero-order valence-electron chi connectivity index (χ0n) is 17.5. The van der Waals surface area contributed by atoms with Crippen LogP contribution in [0.3, 0.4) is 0 Å². The molecule has 10 heteroatoms. The van der Waals surface area contributed by atoms with Gasteiger partial charge < -0.3 is 10.1 Å². The Bertz CT molecular complexity index is 1550. The second-order valence-corrected chi connectivity index (χ2v) is 7.27. The summed E-state index contributed by atoms with van der Waals surface area (Å²) in [6, 6.07) is 17.8. The van der Waals surface area contributed by atoms with E-state index in [4.69, 9.17) is 0 Å². The number of anilines is 1. The first kappa shape index (κ1) is 20.2. The standard InChI is InChI=1S/C23H18N6O4/c1-33-22(31)16-7-9-17(10-8-16)24-20(30)14-29-23(32)27-11-12-28-19(21(27)26-29)13-18(25-28)15-5-3-2-4-6-15/h2-13H,14H2,1H3,(H,24,30). The van der Waals surface area contributed by atoms with Crippen molar-refractivity contribution in [3.05, 3.63) is 89.1 Å². The second-order valence-electron chi connectivity index (χ2n) is 7.27. The molecule has 0 aliphatic carbocycles. The summed E-state index contributed by atoms with van der Waals surface area (Å²) in [5.41, 5.74) is 3.14. The van der Waals surface area contributed by atoms with Gasteiger partial charge >= 0.3 is 11.7 Å². The molecular weight excluding hydrogens is 424 g/mol. The number of carbonyl (C=O) groups excluding carboxylic acids is 2. The summed E-state index contributed by atoms with van der Waals surface area (Å²) in [4.78, 5) is 36.8. The molecule has 0 saturated heterocycles. The highest BCUT2D eigenvalue weighted by molar-refractivity contribution is 5.93. The van der Waals surface area contributed by atoms with E-state index < -0.39 is 17.6 Å². The minimum Gasteiger partial charge on any atom is -0.465 e. The van der Waals surface area contributed by atoms with Gasteiger partial charge in [-0.05, 0) is 30.3 Å². The highest BCUT2D eigenvalue weighted by atomic mass is 16.5. The largest absolute Gasteiger partial charge is 0.465 e. The smallest absolute Gasteiger partial charge is 0.350 e. The van der Waals surface area contributed by atoms with Crippen molar-refractivity contribution in [1.82, 2.24) is 23.8 Å². The van der Waals surface area contributed by atoms with Gasteiger partial charge in [-0.15, -0.1) is 5.10 Å². The van der Waals surface area contributed by atoms with Gasteiger partial charge in [0.25, 0.3) is 0 Å². The number of fused-ring (bicyclic) bond motifs is 3. The number of amides is 1. The van der Waals surface area contributed by atoms with Gasteiger partial charge in [-0.1, -0.05) is 30.3 Å². The lowest BCUT2D eigenvalue weighted by Gasteiger charge is -2.05. The Morgan fingerprint density at radius 3 is 2.48 bits per heavy atom. The number of nitrogens with one attached hydrogen (secondary N) is 1. The molecule has 33 heavy (non-hydrogen) atoms. The predicted octanol–water partition coefficient (Wildman–Crippen LogP) is 2.24. The topological polar surface area (TPSA) is 112 Å². The number of hydrogen-bond acceptors (Lipinski definition) is 6. The molecule has 1 amide bonds. The van der Waals surface area contributed by atoms with Gasteiger partial charge in [0.05, 0.1) is 18.4 Å². The van der Waals surface area contributed by atoms with Crippen molar-refractivity contribution in [1.29, 1.82) is 0 Å². The number of nitrogens with zero attached hydrogens (tertiary/aromatic N) is 5. The Morgan fingerprint density at radius 2 is 1.76 bits per heavy atom. The minimum absolute atomic E-state index is 0.273. The third-order valence-corrected chi connectivity index (χ3v) is 5.14. The zero-order chi connectivity index (χ0) is 22.9. The molecular formula is C23H18N6O4. The number of methoxy groups -OCH3 is 1. The number of rotatable bonds is 5. The van der Waals surface area contributed by atoms with E-state index in [0.717, 1.165) is 15.9 Å². The molecule has 0 radical (unpaired) electrons. The summed E-state index contributed by atoms with van der Waals surface area (Å²) >= 11 is 0. The molecule has 164 valence electrons. The van der Waals surface area contributed by atoms with Gasteiger partial charge in [-0.2, -0.15) is 5.10 Å². The van der Waals surface area contributed by atoms with Crippen LogP contribution in [0.1, 0.15) is 10.4 Å². The maximum atomic E-state index is 12.8.